The van der Waals surface area contributed by atoms with E-state index in [2.05, 4.69) is 11.3 Å². The van der Waals surface area contributed by atoms with Gasteiger partial charge in [0.05, 0.1) is 5.97 Å². The molecule has 0 aliphatic carbocycles. The summed E-state index contributed by atoms with van der Waals surface area (Å²) in [7, 11) is 0. The van der Waals surface area contributed by atoms with Crippen LogP contribution in [-0.4, -0.2) is 12.6 Å². The molecule has 0 radical (unpaired) electrons. The highest BCUT2D eigenvalue weighted by molar-refractivity contribution is 5.92. The Balaban J connectivity index is 2.36. The third-order valence-corrected chi connectivity index (χ3v) is 4.02. The SMILES string of the molecule is C=Cc1c(C(=O)[O-])cc(Cc2ccc(OC(F)F)cc2)c(C)c1C. The van der Waals surface area contributed by atoms with E-state index in [1.807, 2.05) is 13.8 Å². The van der Waals surface area contributed by atoms with Crippen LogP contribution >= 0.6 is 0 Å². The number of carbonyl (C=O) groups is 1. The summed E-state index contributed by atoms with van der Waals surface area (Å²) in [6.07, 6.45) is 1.98. The van der Waals surface area contributed by atoms with Crippen molar-refractivity contribution in [3.8, 4) is 5.75 Å². The van der Waals surface area contributed by atoms with E-state index in [4.69, 9.17) is 0 Å². The molecule has 3 nitrogen and oxygen atoms in total. The molecule has 5 heteroatoms. The highest BCUT2D eigenvalue weighted by atomic mass is 19.3. The molecular weight excluding hydrogens is 314 g/mol. The second-order valence-electron chi connectivity index (χ2n) is 5.44. The van der Waals surface area contributed by atoms with Crippen molar-refractivity contribution >= 4 is 12.0 Å². The quantitative estimate of drug-likeness (QED) is 0.814. The number of aromatic carboxylic acids is 1. The summed E-state index contributed by atoms with van der Waals surface area (Å²) in [5, 5.41) is 11.3. The van der Waals surface area contributed by atoms with Gasteiger partial charge in [0.1, 0.15) is 5.75 Å². The van der Waals surface area contributed by atoms with Crippen LogP contribution in [0.3, 0.4) is 0 Å². The van der Waals surface area contributed by atoms with Gasteiger partial charge >= 0.3 is 6.61 Å². The van der Waals surface area contributed by atoms with Crippen molar-refractivity contribution in [3.63, 3.8) is 0 Å². The van der Waals surface area contributed by atoms with E-state index in [1.54, 1.807) is 18.2 Å². The maximum Gasteiger partial charge on any atom is 0.387 e. The predicted molar refractivity (Wildman–Crippen MR) is 86.2 cm³/mol. The minimum atomic E-state index is -2.86. The second kappa shape index (κ2) is 7.25. The number of ether oxygens (including phenoxy) is 1. The maximum absolute atomic E-state index is 12.2. The molecule has 0 spiro atoms. The molecule has 0 saturated carbocycles. The zero-order chi connectivity index (χ0) is 17.9. The molecule has 0 aliphatic rings. The van der Waals surface area contributed by atoms with Crippen LogP contribution in [0.15, 0.2) is 36.9 Å². The standard InChI is InChI=1S/C19H18F2O3/c1-4-16-12(3)11(2)14(10-17(16)18(22)23)9-13-5-7-15(8-6-13)24-19(20)21/h4-8,10,19H,1,9H2,2-3H3,(H,22,23)/p-1. The number of carboxylic acids is 1. The summed E-state index contributed by atoms with van der Waals surface area (Å²) in [5.74, 6) is -1.17. The van der Waals surface area contributed by atoms with Gasteiger partial charge in [-0.15, -0.1) is 0 Å². The Bertz CT molecular complexity index is 765. The van der Waals surface area contributed by atoms with Crippen LogP contribution in [0.2, 0.25) is 0 Å². The molecule has 126 valence electrons. The van der Waals surface area contributed by atoms with E-state index >= 15 is 0 Å². The number of halogens is 2. The third kappa shape index (κ3) is 3.79. The van der Waals surface area contributed by atoms with Crippen molar-refractivity contribution in [2.45, 2.75) is 26.9 Å². The zero-order valence-electron chi connectivity index (χ0n) is 13.4. The van der Waals surface area contributed by atoms with Gasteiger partial charge in [0.2, 0.25) is 0 Å². The molecule has 2 aromatic carbocycles. The summed E-state index contributed by atoms with van der Waals surface area (Å²) in [6, 6.07) is 7.85. The van der Waals surface area contributed by atoms with Crippen LogP contribution in [0.4, 0.5) is 8.78 Å². The van der Waals surface area contributed by atoms with E-state index in [9.17, 15) is 18.7 Å². The van der Waals surface area contributed by atoms with Gasteiger partial charge in [-0.2, -0.15) is 8.78 Å². The summed E-state index contributed by atoms with van der Waals surface area (Å²) in [6.45, 7) is 4.54. The van der Waals surface area contributed by atoms with Gasteiger partial charge in [-0.25, -0.2) is 0 Å². The number of alkyl halides is 2. The third-order valence-electron chi connectivity index (χ3n) is 4.02. The van der Waals surface area contributed by atoms with Crippen LogP contribution in [0.1, 0.15) is 38.2 Å². The molecule has 2 aromatic rings. The van der Waals surface area contributed by atoms with Crippen molar-refractivity contribution < 1.29 is 23.4 Å². The summed E-state index contributed by atoms with van der Waals surface area (Å²) < 4.78 is 28.6. The van der Waals surface area contributed by atoms with Crippen molar-refractivity contribution in [1.82, 2.24) is 0 Å². The molecule has 0 aromatic heterocycles. The molecule has 0 amide bonds. The molecule has 0 unspecified atom stereocenters. The number of hydrogen-bond donors (Lipinski definition) is 0. The number of carbonyl (C=O) groups excluding carboxylic acids is 1. The second-order valence-corrected chi connectivity index (χ2v) is 5.44. The molecular formula is C19H17F2O3-. The van der Waals surface area contributed by atoms with Gasteiger partial charge in [-0.1, -0.05) is 24.8 Å². The first-order valence-corrected chi connectivity index (χ1v) is 7.34. The van der Waals surface area contributed by atoms with Gasteiger partial charge in [0, 0.05) is 5.56 Å². The van der Waals surface area contributed by atoms with Crippen LogP contribution in [0.5, 0.6) is 5.75 Å². The van der Waals surface area contributed by atoms with Gasteiger partial charge < -0.3 is 14.6 Å². The lowest BCUT2D eigenvalue weighted by molar-refractivity contribution is -0.255. The maximum atomic E-state index is 12.2. The summed E-state index contributed by atoms with van der Waals surface area (Å²) in [4.78, 5) is 11.3. The molecule has 0 saturated heterocycles. The average Bonchev–Trinajstić information content (AvgIpc) is 2.52. The van der Waals surface area contributed by atoms with E-state index in [1.165, 1.54) is 18.2 Å². The van der Waals surface area contributed by atoms with Crippen molar-refractivity contribution in [1.29, 1.82) is 0 Å². The fourth-order valence-corrected chi connectivity index (χ4v) is 2.63. The largest absolute Gasteiger partial charge is 0.545 e. The fraction of sp³-hybridized carbons (Fsp3) is 0.211. The topological polar surface area (TPSA) is 49.4 Å². The van der Waals surface area contributed by atoms with Crippen molar-refractivity contribution in [3.05, 3.63) is 70.3 Å². The van der Waals surface area contributed by atoms with E-state index in [-0.39, 0.29) is 11.3 Å². The lowest BCUT2D eigenvalue weighted by Gasteiger charge is -2.17. The molecule has 0 aliphatic heterocycles. The van der Waals surface area contributed by atoms with Crippen molar-refractivity contribution in [2.24, 2.45) is 0 Å². The Morgan fingerprint density at radius 3 is 2.38 bits per heavy atom. The number of rotatable bonds is 6. The monoisotopic (exact) mass is 331 g/mol. The Labute approximate surface area is 139 Å². The van der Waals surface area contributed by atoms with Crippen molar-refractivity contribution in [2.75, 3.05) is 0 Å². The zero-order valence-corrected chi connectivity index (χ0v) is 13.4. The van der Waals surface area contributed by atoms with Crippen LogP contribution < -0.4 is 9.84 Å². The highest BCUT2D eigenvalue weighted by Crippen LogP contribution is 2.26. The van der Waals surface area contributed by atoms with E-state index in [0.29, 0.717) is 12.0 Å². The summed E-state index contributed by atoms with van der Waals surface area (Å²) in [5.41, 5.74) is 4.13. The van der Waals surface area contributed by atoms with Gasteiger partial charge in [0.25, 0.3) is 0 Å². The Hall–Kier alpha value is -2.69. The van der Waals surface area contributed by atoms with Crippen LogP contribution in [-0.2, 0) is 6.42 Å². The molecule has 0 atom stereocenters. The normalized spacial score (nSPS) is 10.7. The summed E-state index contributed by atoms with van der Waals surface area (Å²) >= 11 is 0. The predicted octanol–water partition coefficient (Wildman–Crippen LogP) is 3.50. The van der Waals surface area contributed by atoms with Gasteiger partial charge in [-0.3, -0.25) is 0 Å². The molecule has 0 N–H and O–H groups in total. The molecule has 0 heterocycles. The minimum absolute atomic E-state index is 0.0825. The molecule has 24 heavy (non-hydrogen) atoms. The number of hydrogen-bond acceptors (Lipinski definition) is 3. The molecule has 0 fully saturated rings. The van der Waals surface area contributed by atoms with Gasteiger partial charge in [-0.05, 0) is 66.3 Å². The molecule has 0 bridgehead atoms. The smallest absolute Gasteiger partial charge is 0.387 e. The Morgan fingerprint density at radius 1 is 1.25 bits per heavy atom. The number of carboxylic acid groups (broad SMARTS) is 1. The first kappa shape index (κ1) is 17.7. The lowest BCUT2D eigenvalue weighted by Crippen LogP contribution is -2.24. The lowest BCUT2D eigenvalue weighted by atomic mass is 9.90. The van der Waals surface area contributed by atoms with Crippen LogP contribution in [0, 0.1) is 13.8 Å². The fourth-order valence-electron chi connectivity index (χ4n) is 2.63. The molecule has 2 rings (SSSR count). The highest BCUT2D eigenvalue weighted by Gasteiger charge is 2.12. The Kier molecular flexibility index (Phi) is 5.34. The first-order valence-electron chi connectivity index (χ1n) is 7.34. The van der Waals surface area contributed by atoms with Gasteiger partial charge in [0.15, 0.2) is 0 Å². The first-order chi connectivity index (χ1) is 11.3. The number of benzene rings is 2. The minimum Gasteiger partial charge on any atom is -0.545 e. The van der Waals surface area contributed by atoms with Crippen LogP contribution in [0.25, 0.3) is 6.08 Å². The van der Waals surface area contributed by atoms with E-state index < -0.39 is 12.6 Å². The average molecular weight is 331 g/mol. The Morgan fingerprint density at radius 2 is 1.88 bits per heavy atom. The van der Waals surface area contributed by atoms with E-state index in [0.717, 1.165) is 22.3 Å².